The van der Waals surface area contributed by atoms with Crippen molar-refractivity contribution in [2.45, 2.75) is 25.3 Å². The average molecular weight is 490 g/mol. The molecule has 37 heavy (non-hydrogen) atoms. The molecule has 2 aromatic heterocycles. The summed E-state index contributed by atoms with van der Waals surface area (Å²) in [7, 11) is 0. The van der Waals surface area contributed by atoms with Crippen LogP contribution in [0.2, 0.25) is 0 Å². The zero-order valence-electron chi connectivity index (χ0n) is 20.3. The Bertz CT molecular complexity index is 1590. The van der Waals surface area contributed by atoms with Gasteiger partial charge in [-0.2, -0.15) is 0 Å². The Kier molecular flexibility index (Phi) is 5.85. The van der Waals surface area contributed by atoms with Crippen molar-refractivity contribution in [1.82, 2.24) is 14.9 Å². The third-order valence-corrected chi connectivity index (χ3v) is 7.24. The number of rotatable bonds is 7. The van der Waals surface area contributed by atoms with E-state index >= 15 is 0 Å². The number of benzene rings is 3. The summed E-state index contributed by atoms with van der Waals surface area (Å²) in [6.07, 6.45) is 5.16. The Morgan fingerprint density at radius 1 is 0.919 bits per heavy atom. The molecule has 1 aliphatic carbocycles. The van der Waals surface area contributed by atoms with Crippen LogP contribution in [-0.2, 0) is 17.6 Å². The lowest BCUT2D eigenvalue weighted by molar-refractivity contribution is -0.131. The van der Waals surface area contributed by atoms with Crippen LogP contribution in [0.25, 0.3) is 27.9 Å². The zero-order valence-corrected chi connectivity index (χ0v) is 20.3. The molecule has 0 saturated carbocycles. The molecule has 184 valence electrons. The first kappa shape index (κ1) is 22.9. The SMILES string of the molecule is O=C(O)/C=C/c1ccc2c(c1)CCC2N(CCc1cc2ccccc2[nH]1)C(=O)c1cc2ccccc2[nH]1. The van der Waals surface area contributed by atoms with Crippen molar-refractivity contribution in [3.05, 3.63) is 113 Å². The second-order valence-corrected chi connectivity index (χ2v) is 9.58. The third kappa shape index (κ3) is 4.54. The van der Waals surface area contributed by atoms with E-state index in [0.717, 1.165) is 57.7 Å². The highest BCUT2D eigenvalue weighted by atomic mass is 16.4. The fourth-order valence-electron chi connectivity index (χ4n) is 5.46. The summed E-state index contributed by atoms with van der Waals surface area (Å²) in [5, 5.41) is 11.2. The van der Waals surface area contributed by atoms with Crippen molar-refractivity contribution in [2.24, 2.45) is 0 Å². The van der Waals surface area contributed by atoms with E-state index in [-0.39, 0.29) is 11.9 Å². The maximum Gasteiger partial charge on any atom is 0.328 e. The molecule has 0 aliphatic heterocycles. The van der Waals surface area contributed by atoms with Crippen molar-refractivity contribution in [3.63, 3.8) is 0 Å². The minimum Gasteiger partial charge on any atom is -0.478 e. The van der Waals surface area contributed by atoms with E-state index in [9.17, 15) is 9.59 Å². The number of aryl methyl sites for hydroxylation is 1. The number of aromatic amines is 2. The van der Waals surface area contributed by atoms with Gasteiger partial charge in [0.15, 0.2) is 0 Å². The van der Waals surface area contributed by atoms with E-state index in [1.807, 2.05) is 65.6 Å². The van der Waals surface area contributed by atoms with E-state index in [4.69, 9.17) is 5.11 Å². The molecule has 1 unspecified atom stereocenters. The monoisotopic (exact) mass is 489 g/mol. The van der Waals surface area contributed by atoms with Gasteiger partial charge < -0.3 is 20.0 Å². The molecule has 0 spiro atoms. The van der Waals surface area contributed by atoms with Crippen LogP contribution in [-0.4, -0.2) is 38.4 Å². The lowest BCUT2D eigenvalue weighted by Gasteiger charge is -2.29. The van der Waals surface area contributed by atoms with Crippen molar-refractivity contribution in [2.75, 3.05) is 6.54 Å². The molecule has 0 bridgehead atoms. The number of hydrogen-bond acceptors (Lipinski definition) is 2. The number of H-pyrrole nitrogens is 2. The number of carbonyl (C=O) groups excluding carboxylic acids is 1. The van der Waals surface area contributed by atoms with Crippen LogP contribution in [0.1, 0.15) is 45.3 Å². The summed E-state index contributed by atoms with van der Waals surface area (Å²) >= 11 is 0. The maximum absolute atomic E-state index is 14.0. The van der Waals surface area contributed by atoms with Gasteiger partial charge in [-0.15, -0.1) is 0 Å². The van der Waals surface area contributed by atoms with E-state index < -0.39 is 5.97 Å². The van der Waals surface area contributed by atoms with Crippen LogP contribution >= 0.6 is 0 Å². The third-order valence-electron chi connectivity index (χ3n) is 7.24. The molecule has 0 fully saturated rings. The number of para-hydroxylation sites is 2. The molecular formula is C31H27N3O3. The Hall–Kier alpha value is -4.58. The molecule has 6 nitrogen and oxygen atoms in total. The molecule has 1 aliphatic rings. The molecule has 5 aromatic rings. The van der Waals surface area contributed by atoms with Gasteiger partial charge in [-0.3, -0.25) is 4.79 Å². The van der Waals surface area contributed by atoms with Gasteiger partial charge in [0.2, 0.25) is 0 Å². The van der Waals surface area contributed by atoms with Crippen LogP contribution in [0.15, 0.2) is 84.9 Å². The smallest absolute Gasteiger partial charge is 0.328 e. The van der Waals surface area contributed by atoms with E-state index in [1.165, 1.54) is 5.39 Å². The molecule has 3 N–H and O–H groups in total. The Balaban J connectivity index is 1.32. The summed E-state index contributed by atoms with van der Waals surface area (Å²) < 4.78 is 0. The highest BCUT2D eigenvalue weighted by Gasteiger charge is 2.32. The van der Waals surface area contributed by atoms with Crippen molar-refractivity contribution in [1.29, 1.82) is 0 Å². The number of nitrogens with one attached hydrogen (secondary N) is 2. The predicted molar refractivity (Wildman–Crippen MR) is 146 cm³/mol. The summed E-state index contributed by atoms with van der Waals surface area (Å²) in [6.45, 7) is 0.575. The van der Waals surface area contributed by atoms with Gasteiger partial charge in [0.25, 0.3) is 5.91 Å². The van der Waals surface area contributed by atoms with Gasteiger partial charge in [0.1, 0.15) is 5.69 Å². The van der Waals surface area contributed by atoms with Crippen LogP contribution in [0.5, 0.6) is 0 Å². The van der Waals surface area contributed by atoms with Gasteiger partial charge >= 0.3 is 5.97 Å². The Morgan fingerprint density at radius 2 is 1.65 bits per heavy atom. The summed E-state index contributed by atoms with van der Waals surface area (Å²) in [6, 6.07) is 26.2. The van der Waals surface area contributed by atoms with Crippen molar-refractivity contribution in [3.8, 4) is 0 Å². The van der Waals surface area contributed by atoms with Gasteiger partial charge in [-0.1, -0.05) is 54.6 Å². The van der Waals surface area contributed by atoms with Crippen LogP contribution < -0.4 is 0 Å². The number of nitrogens with zero attached hydrogens (tertiary/aromatic N) is 1. The molecule has 0 saturated heterocycles. The van der Waals surface area contributed by atoms with Gasteiger partial charge in [0.05, 0.1) is 6.04 Å². The molecule has 6 heteroatoms. The normalized spacial score (nSPS) is 15.0. The number of aliphatic carboxylic acids is 1. The Morgan fingerprint density at radius 3 is 2.38 bits per heavy atom. The molecule has 1 amide bonds. The van der Waals surface area contributed by atoms with Gasteiger partial charge in [0, 0.05) is 41.2 Å². The maximum atomic E-state index is 14.0. The fraction of sp³-hybridized carbons (Fsp3) is 0.161. The van der Waals surface area contributed by atoms with Crippen molar-refractivity contribution >= 4 is 39.8 Å². The quantitative estimate of drug-likeness (QED) is 0.241. The average Bonchev–Trinajstić information content (AvgIpc) is 3.63. The molecule has 3 aromatic carbocycles. The lowest BCUT2D eigenvalue weighted by atomic mass is 10.0. The highest BCUT2D eigenvalue weighted by molar-refractivity contribution is 5.98. The number of hydrogen-bond donors (Lipinski definition) is 3. The summed E-state index contributed by atoms with van der Waals surface area (Å²) in [5.41, 5.74) is 6.89. The molecule has 0 radical (unpaired) electrons. The standard InChI is InChI=1S/C31H27N3O3/c35-30(36)14-10-20-9-12-25-21(17-20)11-13-29(25)34(16-15-24-18-22-5-1-3-7-26(22)32-24)31(37)28-19-23-6-2-4-8-27(23)33-28/h1-10,12,14,17-19,29,32-33H,11,13,15-16H2,(H,35,36)/b14-10+. The minimum atomic E-state index is -0.967. The number of carboxylic acid groups (broad SMARTS) is 1. The van der Waals surface area contributed by atoms with E-state index in [2.05, 4.69) is 28.2 Å². The second-order valence-electron chi connectivity index (χ2n) is 9.58. The number of aromatic nitrogens is 2. The lowest BCUT2D eigenvalue weighted by Crippen LogP contribution is -2.36. The molecular weight excluding hydrogens is 462 g/mol. The second kappa shape index (κ2) is 9.47. The molecule has 2 heterocycles. The fourth-order valence-corrected chi connectivity index (χ4v) is 5.46. The van der Waals surface area contributed by atoms with E-state index in [1.54, 1.807) is 6.08 Å². The summed E-state index contributed by atoms with van der Waals surface area (Å²) in [4.78, 5) is 33.7. The predicted octanol–water partition coefficient (Wildman–Crippen LogP) is 6.12. The number of amides is 1. The van der Waals surface area contributed by atoms with Crippen LogP contribution in [0.3, 0.4) is 0 Å². The topological polar surface area (TPSA) is 89.2 Å². The largest absolute Gasteiger partial charge is 0.478 e. The summed E-state index contributed by atoms with van der Waals surface area (Å²) in [5.74, 6) is -0.981. The number of carbonyl (C=O) groups is 2. The van der Waals surface area contributed by atoms with E-state index in [0.29, 0.717) is 18.7 Å². The molecule has 6 rings (SSSR count). The van der Waals surface area contributed by atoms with Gasteiger partial charge in [-0.05, 0) is 65.3 Å². The number of carboxylic acids is 1. The zero-order chi connectivity index (χ0) is 25.4. The highest BCUT2D eigenvalue weighted by Crippen LogP contribution is 2.37. The first-order valence-electron chi connectivity index (χ1n) is 12.5. The minimum absolute atomic E-state index is 0.0139. The first-order chi connectivity index (χ1) is 18.0. The first-order valence-corrected chi connectivity index (χ1v) is 12.5. The van der Waals surface area contributed by atoms with Crippen molar-refractivity contribution < 1.29 is 14.7 Å². The van der Waals surface area contributed by atoms with Crippen LogP contribution in [0, 0.1) is 0 Å². The number of fused-ring (bicyclic) bond motifs is 3. The Labute approximate surface area is 214 Å². The van der Waals surface area contributed by atoms with Crippen LogP contribution in [0.4, 0.5) is 0 Å². The molecule has 1 atom stereocenters. The van der Waals surface area contributed by atoms with Gasteiger partial charge in [-0.25, -0.2) is 4.79 Å².